The van der Waals surface area contributed by atoms with Crippen LogP contribution in [0.2, 0.25) is 0 Å². The Labute approximate surface area is 147 Å². The van der Waals surface area contributed by atoms with Gasteiger partial charge in [-0.05, 0) is 49.1 Å². The molecule has 0 aliphatic carbocycles. The first-order valence-electron chi connectivity index (χ1n) is 8.60. The van der Waals surface area contributed by atoms with E-state index in [9.17, 15) is 4.79 Å². The van der Waals surface area contributed by atoms with Gasteiger partial charge >= 0.3 is 6.01 Å². The van der Waals surface area contributed by atoms with Crippen molar-refractivity contribution < 1.29 is 14.3 Å². The molecule has 1 aliphatic rings. The fraction of sp³-hybridized carbons (Fsp3) is 0.421. The van der Waals surface area contributed by atoms with Gasteiger partial charge in [-0.3, -0.25) is 4.79 Å². The second-order valence-electron chi connectivity index (χ2n) is 6.09. The quantitative estimate of drug-likeness (QED) is 0.837. The van der Waals surface area contributed by atoms with Gasteiger partial charge in [0.05, 0.1) is 13.7 Å². The van der Waals surface area contributed by atoms with E-state index in [1.165, 1.54) is 0 Å². The standard InChI is InChI=1S/C19H23N3O3/c1-3-14-11-20-19(21-12-14)25-17-5-4-10-22(13-17)18(23)15-6-8-16(24-2)9-7-15/h6-9,11-12,17H,3-5,10,13H2,1-2H3. The number of aryl methyl sites for hydroxylation is 1. The Hall–Kier alpha value is -2.63. The summed E-state index contributed by atoms with van der Waals surface area (Å²) in [7, 11) is 1.61. The summed E-state index contributed by atoms with van der Waals surface area (Å²) in [5.74, 6) is 0.752. The molecular weight excluding hydrogens is 318 g/mol. The molecule has 25 heavy (non-hydrogen) atoms. The van der Waals surface area contributed by atoms with Gasteiger partial charge in [0, 0.05) is 24.5 Å². The van der Waals surface area contributed by atoms with Crippen LogP contribution in [0.15, 0.2) is 36.7 Å². The highest BCUT2D eigenvalue weighted by atomic mass is 16.5. The molecule has 1 fully saturated rings. The smallest absolute Gasteiger partial charge is 0.316 e. The van der Waals surface area contributed by atoms with Crippen LogP contribution in [0.4, 0.5) is 0 Å². The lowest BCUT2D eigenvalue weighted by atomic mass is 10.1. The van der Waals surface area contributed by atoms with Crippen LogP contribution < -0.4 is 9.47 Å². The zero-order valence-electron chi connectivity index (χ0n) is 14.6. The SMILES string of the molecule is CCc1cnc(OC2CCCN(C(=O)c3ccc(OC)cc3)C2)nc1. The molecule has 2 heterocycles. The van der Waals surface area contributed by atoms with E-state index in [0.717, 1.165) is 37.1 Å². The summed E-state index contributed by atoms with van der Waals surface area (Å²) >= 11 is 0. The maximum absolute atomic E-state index is 12.7. The first-order valence-corrected chi connectivity index (χ1v) is 8.60. The maximum Gasteiger partial charge on any atom is 0.316 e. The average Bonchev–Trinajstić information content (AvgIpc) is 2.68. The monoisotopic (exact) mass is 341 g/mol. The molecule has 132 valence electrons. The third-order valence-corrected chi connectivity index (χ3v) is 4.36. The fourth-order valence-corrected chi connectivity index (χ4v) is 2.87. The van der Waals surface area contributed by atoms with Crippen molar-refractivity contribution in [1.29, 1.82) is 0 Å². The van der Waals surface area contributed by atoms with Gasteiger partial charge in [0.15, 0.2) is 0 Å². The molecule has 0 radical (unpaired) electrons. The first kappa shape index (κ1) is 17.2. The van der Waals surface area contributed by atoms with E-state index in [1.54, 1.807) is 43.8 Å². The number of likely N-dealkylation sites (tertiary alicyclic amines) is 1. The lowest BCUT2D eigenvalue weighted by molar-refractivity contribution is 0.0515. The van der Waals surface area contributed by atoms with E-state index in [0.29, 0.717) is 18.1 Å². The minimum atomic E-state index is -0.0802. The number of carbonyl (C=O) groups excluding carboxylic acids is 1. The second-order valence-corrected chi connectivity index (χ2v) is 6.09. The highest BCUT2D eigenvalue weighted by Gasteiger charge is 2.26. The number of nitrogens with zero attached hydrogens (tertiary/aromatic N) is 3. The molecule has 6 heteroatoms. The maximum atomic E-state index is 12.7. The number of hydrogen-bond donors (Lipinski definition) is 0. The molecule has 0 spiro atoms. The number of carbonyl (C=O) groups is 1. The van der Waals surface area contributed by atoms with E-state index < -0.39 is 0 Å². The van der Waals surface area contributed by atoms with Crippen LogP contribution in [0, 0.1) is 0 Å². The molecule has 0 N–H and O–H groups in total. The van der Waals surface area contributed by atoms with Gasteiger partial charge in [0.2, 0.25) is 0 Å². The Bertz CT molecular complexity index is 701. The number of benzene rings is 1. The van der Waals surface area contributed by atoms with Crippen molar-refractivity contribution in [3.05, 3.63) is 47.8 Å². The number of amides is 1. The summed E-state index contributed by atoms with van der Waals surface area (Å²) in [4.78, 5) is 23.0. The number of piperidine rings is 1. The molecule has 1 unspecified atom stereocenters. The summed E-state index contributed by atoms with van der Waals surface area (Å²) < 4.78 is 11.0. The molecule has 0 bridgehead atoms. The van der Waals surface area contributed by atoms with Crippen LogP contribution in [0.1, 0.15) is 35.7 Å². The highest BCUT2D eigenvalue weighted by molar-refractivity contribution is 5.94. The van der Waals surface area contributed by atoms with Gasteiger partial charge in [0.1, 0.15) is 11.9 Å². The molecule has 6 nitrogen and oxygen atoms in total. The molecule has 0 saturated carbocycles. The van der Waals surface area contributed by atoms with Crippen LogP contribution in [-0.4, -0.2) is 47.1 Å². The minimum Gasteiger partial charge on any atom is -0.497 e. The van der Waals surface area contributed by atoms with Crippen LogP contribution >= 0.6 is 0 Å². The Morgan fingerprint density at radius 1 is 1.24 bits per heavy atom. The summed E-state index contributed by atoms with van der Waals surface area (Å²) in [6.45, 7) is 3.34. The third kappa shape index (κ3) is 4.26. The lowest BCUT2D eigenvalue weighted by Crippen LogP contribution is -2.44. The Kier molecular flexibility index (Phi) is 5.48. The number of ether oxygens (including phenoxy) is 2. The summed E-state index contributed by atoms with van der Waals surface area (Å²) in [6, 6.07) is 7.56. The number of aromatic nitrogens is 2. The summed E-state index contributed by atoms with van der Waals surface area (Å²) in [5, 5.41) is 0. The second kappa shape index (κ2) is 7.96. The number of rotatable bonds is 5. The fourth-order valence-electron chi connectivity index (χ4n) is 2.87. The van der Waals surface area contributed by atoms with Crippen molar-refractivity contribution in [2.75, 3.05) is 20.2 Å². The van der Waals surface area contributed by atoms with Gasteiger partial charge in [-0.2, -0.15) is 0 Å². The number of methoxy groups -OCH3 is 1. The Morgan fingerprint density at radius 3 is 2.60 bits per heavy atom. The molecule has 1 aliphatic heterocycles. The molecule has 1 aromatic carbocycles. The van der Waals surface area contributed by atoms with E-state index in [1.807, 2.05) is 4.90 Å². The molecule has 1 aromatic heterocycles. The van der Waals surface area contributed by atoms with E-state index in [4.69, 9.17) is 9.47 Å². The van der Waals surface area contributed by atoms with E-state index in [2.05, 4.69) is 16.9 Å². The van der Waals surface area contributed by atoms with Gasteiger partial charge < -0.3 is 14.4 Å². The summed E-state index contributed by atoms with van der Waals surface area (Å²) in [6.07, 6.45) is 6.18. The largest absolute Gasteiger partial charge is 0.497 e. The Morgan fingerprint density at radius 2 is 1.96 bits per heavy atom. The van der Waals surface area contributed by atoms with Crippen molar-refractivity contribution in [2.24, 2.45) is 0 Å². The minimum absolute atomic E-state index is 0.0122. The third-order valence-electron chi connectivity index (χ3n) is 4.36. The predicted octanol–water partition coefficient (Wildman–Crippen LogP) is 2.73. The van der Waals surface area contributed by atoms with Gasteiger partial charge in [-0.1, -0.05) is 6.92 Å². The van der Waals surface area contributed by atoms with Crippen molar-refractivity contribution in [2.45, 2.75) is 32.3 Å². The molecule has 1 amide bonds. The molecule has 1 saturated heterocycles. The topological polar surface area (TPSA) is 64.5 Å². The zero-order chi connectivity index (χ0) is 17.6. The predicted molar refractivity (Wildman–Crippen MR) is 94.0 cm³/mol. The van der Waals surface area contributed by atoms with Crippen molar-refractivity contribution in [3.63, 3.8) is 0 Å². The van der Waals surface area contributed by atoms with Crippen molar-refractivity contribution in [3.8, 4) is 11.8 Å². The molecule has 1 atom stereocenters. The molecule has 2 aromatic rings. The van der Waals surface area contributed by atoms with Crippen LogP contribution in [-0.2, 0) is 6.42 Å². The summed E-state index contributed by atoms with van der Waals surface area (Å²) in [5.41, 5.74) is 1.73. The average molecular weight is 341 g/mol. The zero-order valence-corrected chi connectivity index (χ0v) is 14.6. The van der Waals surface area contributed by atoms with Crippen LogP contribution in [0.3, 0.4) is 0 Å². The normalized spacial score (nSPS) is 17.2. The molecular formula is C19H23N3O3. The Balaban J connectivity index is 1.62. The van der Waals surface area contributed by atoms with Crippen molar-refractivity contribution >= 4 is 5.91 Å². The van der Waals surface area contributed by atoms with Gasteiger partial charge in [-0.25, -0.2) is 9.97 Å². The van der Waals surface area contributed by atoms with E-state index >= 15 is 0 Å². The number of hydrogen-bond acceptors (Lipinski definition) is 5. The molecule has 3 rings (SSSR count). The highest BCUT2D eigenvalue weighted by Crippen LogP contribution is 2.19. The van der Waals surface area contributed by atoms with Gasteiger partial charge in [-0.15, -0.1) is 0 Å². The van der Waals surface area contributed by atoms with Crippen LogP contribution in [0.5, 0.6) is 11.8 Å². The van der Waals surface area contributed by atoms with Crippen LogP contribution in [0.25, 0.3) is 0 Å². The van der Waals surface area contributed by atoms with E-state index in [-0.39, 0.29) is 12.0 Å². The van der Waals surface area contributed by atoms with Crippen molar-refractivity contribution in [1.82, 2.24) is 14.9 Å². The van der Waals surface area contributed by atoms with Gasteiger partial charge in [0.25, 0.3) is 5.91 Å². The lowest BCUT2D eigenvalue weighted by Gasteiger charge is -2.32. The first-order chi connectivity index (χ1) is 12.2.